The van der Waals surface area contributed by atoms with Crippen molar-refractivity contribution >= 4 is 15.7 Å². The van der Waals surface area contributed by atoms with Gasteiger partial charge < -0.3 is 5.32 Å². The first kappa shape index (κ1) is 17.9. The summed E-state index contributed by atoms with van der Waals surface area (Å²) in [6.45, 7) is 0.386. The summed E-state index contributed by atoms with van der Waals surface area (Å²) >= 11 is 0. The highest BCUT2D eigenvalue weighted by atomic mass is 32.2. The molecule has 0 saturated carbocycles. The molecule has 1 N–H and O–H groups in total. The van der Waals surface area contributed by atoms with Crippen LogP contribution in [0.3, 0.4) is 0 Å². The Morgan fingerprint density at radius 2 is 1.77 bits per heavy atom. The van der Waals surface area contributed by atoms with Gasteiger partial charge in [-0.3, -0.25) is 4.79 Å². The fourth-order valence-electron chi connectivity index (χ4n) is 2.60. The van der Waals surface area contributed by atoms with Crippen LogP contribution in [0.25, 0.3) is 5.69 Å². The molecule has 0 aliphatic carbocycles. The minimum atomic E-state index is -3.46. The van der Waals surface area contributed by atoms with Crippen molar-refractivity contribution in [1.29, 1.82) is 0 Å². The lowest BCUT2D eigenvalue weighted by atomic mass is 10.2. The summed E-state index contributed by atoms with van der Waals surface area (Å²) in [5.41, 5.74) is 2.10. The summed E-state index contributed by atoms with van der Waals surface area (Å²) < 4.78 is 25.4. The highest BCUT2D eigenvalue weighted by Crippen LogP contribution is 2.15. The van der Waals surface area contributed by atoms with Crippen LogP contribution >= 0.6 is 0 Å². The first-order valence-corrected chi connectivity index (χ1v) is 10.0. The van der Waals surface area contributed by atoms with E-state index in [1.807, 2.05) is 36.5 Å². The molecule has 3 rings (SSSR count). The van der Waals surface area contributed by atoms with Crippen LogP contribution in [0.15, 0.2) is 71.9 Å². The molecular weight excluding hydrogens is 350 g/mol. The third-order valence-electron chi connectivity index (χ3n) is 3.89. The van der Waals surface area contributed by atoms with Gasteiger partial charge in [0.05, 0.1) is 22.3 Å². The maximum Gasteiger partial charge on any atom is 0.252 e. The fraction of sp³-hybridized carbons (Fsp3) is 0.158. The molecule has 3 aromatic rings. The second-order valence-electron chi connectivity index (χ2n) is 5.90. The van der Waals surface area contributed by atoms with Gasteiger partial charge in [-0.1, -0.05) is 30.3 Å². The Morgan fingerprint density at radius 3 is 2.50 bits per heavy atom. The second-order valence-corrected chi connectivity index (χ2v) is 7.89. The van der Waals surface area contributed by atoms with Crippen molar-refractivity contribution < 1.29 is 13.2 Å². The molecule has 2 aromatic carbocycles. The molecule has 0 saturated heterocycles. The topological polar surface area (TPSA) is 81.1 Å². The Labute approximate surface area is 152 Å². The molecular formula is C19H19N3O3S. The monoisotopic (exact) mass is 369 g/mol. The highest BCUT2D eigenvalue weighted by molar-refractivity contribution is 7.90. The van der Waals surface area contributed by atoms with E-state index in [1.54, 1.807) is 23.0 Å². The fourth-order valence-corrected chi connectivity index (χ4v) is 3.49. The summed E-state index contributed by atoms with van der Waals surface area (Å²) in [6.07, 6.45) is 5.35. The number of hydrogen-bond donors (Lipinski definition) is 1. The van der Waals surface area contributed by atoms with Gasteiger partial charge in [-0.15, -0.1) is 0 Å². The lowest BCUT2D eigenvalue weighted by molar-refractivity contribution is 0.0951. The predicted octanol–water partition coefficient (Wildman–Crippen LogP) is 2.25. The minimum Gasteiger partial charge on any atom is -0.352 e. The summed E-state index contributed by atoms with van der Waals surface area (Å²) in [5, 5.41) is 7.08. The number of para-hydroxylation sites is 1. The van der Waals surface area contributed by atoms with Gasteiger partial charge in [-0.05, 0) is 36.2 Å². The van der Waals surface area contributed by atoms with Gasteiger partial charge in [0.25, 0.3) is 5.91 Å². The summed E-state index contributed by atoms with van der Waals surface area (Å²) in [5.74, 6) is -0.401. The molecule has 0 aliphatic rings. The van der Waals surface area contributed by atoms with E-state index in [4.69, 9.17) is 0 Å². The van der Waals surface area contributed by atoms with E-state index in [-0.39, 0.29) is 10.5 Å². The van der Waals surface area contributed by atoms with Gasteiger partial charge in [0.2, 0.25) is 0 Å². The van der Waals surface area contributed by atoms with Crippen LogP contribution in [-0.4, -0.2) is 36.9 Å². The minimum absolute atomic E-state index is 0.0365. The second kappa shape index (κ2) is 7.53. The molecule has 1 aromatic heterocycles. The average molecular weight is 369 g/mol. The lowest BCUT2D eigenvalue weighted by Gasteiger charge is -2.08. The molecule has 0 aliphatic heterocycles. The highest BCUT2D eigenvalue weighted by Gasteiger charge is 2.17. The third kappa shape index (κ3) is 4.18. The van der Waals surface area contributed by atoms with E-state index in [0.29, 0.717) is 13.0 Å². The standard InChI is InChI=1S/C19H19N3O3S/c1-26(24,25)18-10-6-5-9-17(18)19(23)20-12-11-15-13-21-22(14-15)16-7-3-2-4-8-16/h2-10,13-14H,11-12H2,1H3,(H,20,23). The van der Waals surface area contributed by atoms with Gasteiger partial charge in [-0.2, -0.15) is 5.10 Å². The normalized spacial score (nSPS) is 11.3. The smallest absolute Gasteiger partial charge is 0.252 e. The van der Waals surface area contributed by atoms with Crippen molar-refractivity contribution in [1.82, 2.24) is 15.1 Å². The van der Waals surface area contributed by atoms with Gasteiger partial charge in [0, 0.05) is 19.0 Å². The molecule has 0 atom stereocenters. The maximum atomic E-state index is 12.3. The van der Waals surface area contributed by atoms with Crippen LogP contribution in [0.4, 0.5) is 0 Å². The SMILES string of the molecule is CS(=O)(=O)c1ccccc1C(=O)NCCc1cnn(-c2ccccc2)c1. The van der Waals surface area contributed by atoms with Crippen LogP contribution in [0.5, 0.6) is 0 Å². The molecule has 0 bridgehead atoms. The van der Waals surface area contributed by atoms with Gasteiger partial charge in [0.1, 0.15) is 0 Å². The molecule has 7 heteroatoms. The predicted molar refractivity (Wildman–Crippen MR) is 99.2 cm³/mol. The number of aromatic nitrogens is 2. The number of rotatable bonds is 6. The summed E-state index contributed by atoms with van der Waals surface area (Å²) in [7, 11) is -3.46. The quantitative estimate of drug-likeness (QED) is 0.723. The van der Waals surface area contributed by atoms with E-state index in [2.05, 4.69) is 10.4 Å². The van der Waals surface area contributed by atoms with Crippen LogP contribution in [0.2, 0.25) is 0 Å². The van der Waals surface area contributed by atoms with Gasteiger partial charge in [0.15, 0.2) is 9.84 Å². The Balaban J connectivity index is 1.63. The molecule has 1 heterocycles. The van der Waals surface area contributed by atoms with Crippen molar-refractivity contribution in [2.45, 2.75) is 11.3 Å². The molecule has 0 unspecified atom stereocenters. The number of nitrogens with zero attached hydrogens (tertiary/aromatic N) is 2. The van der Waals surface area contributed by atoms with Gasteiger partial charge >= 0.3 is 0 Å². The largest absolute Gasteiger partial charge is 0.352 e. The summed E-state index contributed by atoms with van der Waals surface area (Å²) in [6, 6.07) is 15.9. The maximum absolute atomic E-state index is 12.3. The number of amides is 1. The lowest BCUT2D eigenvalue weighted by Crippen LogP contribution is -2.27. The Morgan fingerprint density at radius 1 is 1.08 bits per heavy atom. The molecule has 0 radical (unpaired) electrons. The van der Waals surface area contributed by atoms with Gasteiger partial charge in [-0.25, -0.2) is 13.1 Å². The Kier molecular flexibility index (Phi) is 5.18. The van der Waals surface area contributed by atoms with E-state index in [1.165, 1.54) is 12.1 Å². The van der Waals surface area contributed by atoms with Crippen molar-refractivity contribution in [2.24, 2.45) is 0 Å². The Hall–Kier alpha value is -2.93. The zero-order valence-electron chi connectivity index (χ0n) is 14.3. The number of hydrogen-bond acceptors (Lipinski definition) is 4. The molecule has 0 fully saturated rings. The molecule has 6 nitrogen and oxygen atoms in total. The number of carbonyl (C=O) groups excluding carboxylic acids is 1. The number of nitrogens with one attached hydrogen (secondary N) is 1. The number of carbonyl (C=O) groups is 1. The first-order chi connectivity index (χ1) is 12.4. The van der Waals surface area contributed by atoms with E-state index < -0.39 is 15.7 Å². The van der Waals surface area contributed by atoms with Crippen molar-refractivity contribution in [2.75, 3.05) is 12.8 Å². The van der Waals surface area contributed by atoms with Crippen molar-refractivity contribution in [3.63, 3.8) is 0 Å². The Bertz CT molecular complexity index is 1010. The van der Waals surface area contributed by atoms with Crippen LogP contribution in [-0.2, 0) is 16.3 Å². The van der Waals surface area contributed by atoms with Crippen LogP contribution in [0, 0.1) is 0 Å². The van der Waals surface area contributed by atoms with E-state index in [0.717, 1.165) is 17.5 Å². The van der Waals surface area contributed by atoms with E-state index in [9.17, 15) is 13.2 Å². The zero-order chi connectivity index (χ0) is 18.6. The summed E-state index contributed by atoms with van der Waals surface area (Å²) in [4.78, 5) is 12.4. The van der Waals surface area contributed by atoms with E-state index >= 15 is 0 Å². The number of sulfone groups is 1. The van der Waals surface area contributed by atoms with Crippen molar-refractivity contribution in [3.8, 4) is 5.69 Å². The van der Waals surface area contributed by atoms with Crippen LogP contribution in [0.1, 0.15) is 15.9 Å². The first-order valence-electron chi connectivity index (χ1n) is 8.11. The average Bonchev–Trinajstić information content (AvgIpc) is 3.10. The zero-order valence-corrected chi connectivity index (χ0v) is 15.1. The molecule has 134 valence electrons. The van der Waals surface area contributed by atoms with Crippen molar-refractivity contribution in [3.05, 3.63) is 78.1 Å². The van der Waals surface area contributed by atoms with Crippen LogP contribution < -0.4 is 5.32 Å². The molecule has 26 heavy (non-hydrogen) atoms. The third-order valence-corrected chi connectivity index (χ3v) is 5.04. The molecule has 0 spiro atoms. The number of benzene rings is 2. The molecule has 1 amide bonds.